The molecule has 2 aliphatic carbocycles. The first-order valence-corrected chi connectivity index (χ1v) is 5.02. The fraction of sp³-hybridized carbons (Fsp3) is 0.545. The smallest absolute Gasteiger partial charge is 0.213 e. The molecule has 14 heavy (non-hydrogen) atoms. The molecule has 1 fully saturated rings. The number of hydrogen-bond donors (Lipinski definition) is 1. The number of hydrogen-bond acceptors (Lipinski definition) is 3. The molecule has 1 aromatic heterocycles. The van der Waals surface area contributed by atoms with Gasteiger partial charge in [-0.15, -0.1) is 0 Å². The molecular weight excluding hydrogens is 178 g/mol. The average molecular weight is 191 g/mol. The molecule has 3 atom stereocenters. The normalized spacial score (nSPS) is 33.1. The number of fused-ring (bicyclic) bond motifs is 5. The number of ether oxygens (including phenoxy) is 1. The van der Waals surface area contributed by atoms with E-state index in [0.29, 0.717) is 17.7 Å². The van der Waals surface area contributed by atoms with Crippen LogP contribution in [0.1, 0.15) is 35.9 Å². The molecule has 2 bridgehead atoms. The first-order valence-electron chi connectivity index (χ1n) is 5.02. The van der Waals surface area contributed by atoms with Crippen LogP contribution >= 0.6 is 0 Å². The molecule has 3 rings (SSSR count). The maximum atomic E-state index is 9.73. The van der Waals surface area contributed by atoms with Gasteiger partial charge in [-0.25, -0.2) is 4.98 Å². The van der Waals surface area contributed by atoms with Crippen LogP contribution in [0.15, 0.2) is 12.1 Å². The van der Waals surface area contributed by atoms with E-state index in [-0.39, 0.29) is 6.10 Å². The highest BCUT2D eigenvalue weighted by Crippen LogP contribution is 2.52. The van der Waals surface area contributed by atoms with Crippen molar-refractivity contribution in [3.05, 3.63) is 23.4 Å². The van der Waals surface area contributed by atoms with Crippen LogP contribution in [0.3, 0.4) is 0 Å². The molecule has 0 spiro atoms. The van der Waals surface area contributed by atoms with Gasteiger partial charge in [-0.1, -0.05) is 6.07 Å². The van der Waals surface area contributed by atoms with Gasteiger partial charge in [0.25, 0.3) is 0 Å². The molecule has 0 radical (unpaired) electrons. The van der Waals surface area contributed by atoms with Gasteiger partial charge < -0.3 is 9.84 Å². The summed E-state index contributed by atoms with van der Waals surface area (Å²) >= 11 is 0. The lowest BCUT2D eigenvalue weighted by molar-refractivity contribution is 0.157. The van der Waals surface area contributed by atoms with Gasteiger partial charge in [-0.05, 0) is 18.4 Å². The van der Waals surface area contributed by atoms with Crippen molar-refractivity contribution in [2.24, 2.45) is 0 Å². The van der Waals surface area contributed by atoms with Gasteiger partial charge in [0.2, 0.25) is 5.88 Å². The first-order chi connectivity index (χ1) is 6.79. The topological polar surface area (TPSA) is 42.4 Å². The molecule has 3 nitrogen and oxygen atoms in total. The number of aromatic nitrogens is 1. The second-order valence-electron chi connectivity index (χ2n) is 4.17. The van der Waals surface area contributed by atoms with E-state index in [9.17, 15) is 5.11 Å². The lowest BCUT2D eigenvalue weighted by Crippen LogP contribution is -2.16. The van der Waals surface area contributed by atoms with E-state index < -0.39 is 0 Å². The van der Waals surface area contributed by atoms with Crippen molar-refractivity contribution >= 4 is 0 Å². The van der Waals surface area contributed by atoms with E-state index >= 15 is 0 Å². The predicted octanol–water partition coefficient (Wildman–Crippen LogP) is 1.43. The van der Waals surface area contributed by atoms with E-state index in [1.54, 1.807) is 7.11 Å². The summed E-state index contributed by atoms with van der Waals surface area (Å²) < 4.78 is 5.10. The third kappa shape index (κ3) is 0.932. The number of methoxy groups -OCH3 is 1. The van der Waals surface area contributed by atoms with Crippen molar-refractivity contribution in [3.8, 4) is 5.88 Å². The minimum atomic E-state index is -0.150. The highest BCUT2D eigenvalue weighted by molar-refractivity contribution is 5.40. The first kappa shape index (κ1) is 8.24. The summed E-state index contributed by atoms with van der Waals surface area (Å²) in [5.74, 6) is 1.47. The molecule has 1 heterocycles. The fourth-order valence-electron chi connectivity index (χ4n) is 2.79. The van der Waals surface area contributed by atoms with Gasteiger partial charge in [0.05, 0.1) is 18.9 Å². The highest BCUT2D eigenvalue weighted by Gasteiger charge is 2.44. The van der Waals surface area contributed by atoms with Crippen LogP contribution in [-0.4, -0.2) is 23.3 Å². The molecule has 74 valence electrons. The number of aliphatic hydroxyl groups is 1. The second-order valence-corrected chi connectivity index (χ2v) is 4.17. The Labute approximate surface area is 82.7 Å². The summed E-state index contributed by atoms with van der Waals surface area (Å²) in [5.41, 5.74) is 2.38. The van der Waals surface area contributed by atoms with Crippen LogP contribution in [0.2, 0.25) is 0 Å². The van der Waals surface area contributed by atoms with Crippen LogP contribution in [0.4, 0.5) is 0 Å². The Morgan fingerprint density at radius 1 is 1.43 bits per heavy atom. The van der Waals surface area contributed by atoms with Crippen LogP contribution in [0.5, 0.6) is 5.88 Å². The third-order valence-corrected chi connectivity index (χ3v) is 3.46. The Balaban J connectivity index is 2.08. The fourth-order valence-corrected chi connectivity index (χ4v) is 2.79. The molecule has 0 aliphatic heterocycles. The Kier molecular flexibility index (Phi) is 1.59. The summed E-state index contributed by atoms with van der Waals surface area (Å²) in [5, 5.41) is 9.73. The Morgan fingerprint density at radius 2 is 2.29 bits per heavy atom. The summed E-state index contributed by atoms with van der Waals surface area (Å²) in [4.78, 5) is 4.46. The number of pyridine rings is 1. The van der Waals surface area contributed by atoms with E-state index in [4.69, 9.17) is 4.74 Å². The molecule has 0 unspecified atom stereocenters. The average Bonchev–Trinajstić information content (AvgIpc) is 2.74. The van der Waals surface area contributed by atoms with E-state index in [2.05, 4.69) is 4.98 Å². The quantitative estimate of drug-likeness (QED) is 0.730. The lowest BCUT2D eigenvalue weighted by Gasteiger charge is -2.19. The van der Waals surface area contributed by atoms with Crippen molar-refractivity contribution < 1.29 is 9.84 Å². The summed E-state index contributed by atoms with van der Waals surface area (Å²) in [7, 11) is 1.64. The van der Waals surface area contributed by atoms with Crippen molar-refractivity contribution in [2.45, 2.75) is 30.8 Å². The van der Waals surface area contributed by atoms with Gasteiger partial charge in [0.1, 0.15) is 0 Å². The number of rotatable bonds is 1. The predicted molar refractivity (Wildman–Crippen MR) is 51.5 cm³/mol. The van der Waals surface area contributed by atoms with Crippen LogP contribution in [-0.2, 0) is 0 Å². The lowest BCUT2D eigenvalue weighted by atomic mass is 9.94. The maximum Gasteiger partial charge on any atom is 0.213 e. The molecule has 1 N–H and O–H groups in total. The zero-order chi connectivity index (χ0) is 9.71. The molecule has 0 amide bonds. The summed E-state index contributed by atoms with van der Waals surface area (Å²) in [6.45, 7) is 0. The molecule has 0 aromatic carbocycles. The van der Waals surface area contributed by atoms with Crippen LogP contribution in [0, 0.1) is 0 Å². The molecule has 1 aromatic rings. The summed E-state index contributed by atoms with van der Waals surface area (Å²) in [6.07, 6.45) is 1.79. The zero-order valence-corrected chi connectivity index (χ0v) is 8.10. The number of nitrogens with zero attached hydrogens (tertiary/aromatic N) is 1. The van der Waals surface area contributed by atoms with Gasteiger partial charge in [-0.2, -0.15) is 0 Å². The Morgan fingerprint density at radius 3 is 3.07 bits per heavy atom. The minimum absolute atomic E-state index is 0.150. The van der Waals surface area contributed by atoms with E-state index in [1.165, 1.54) is 5.56 Å². The Hall–Kier alpha value is -1.09. The summed E-state index contributed by atoms with van der Waals surface area (Å²) in [6, 6.07) is 3.93. The monoisotopic (exact) mass is 191 g/mol. The molecule has 3 heteroatoms. The van der Waals surface area contributed by atoms with Gasteiger partial charge in [-0.3, -0.25) is 0 Å². The third-order valence-electron chi connectivity index (χ3n) is 3.46. The molecule has 0 saturated heterocycles. The van der Waals surface area contributed by atoms with E-state index in [0.717, 1.165) is 18.5 Å². The zero-order valence-electron chi connectivity index (χ0n) is 8.10. The van der Waals surface area contributed by atoms with Gasteiger partial charge >= 0.3 is 0 Å². The molecule has 1 saturated carbocycles. The van der Waals surface area contributed by atoms with Crippen molar-refractivity contribution in [1.82, 2.24) is 4.98 Å². The second kappa shape index (κ2) is 2.70. The van der Waals surface area contributed by atoms with Crippen molar-refractivity contribution in [3.63, 3.8) is 0 Å². The standard InChI is InChI=1S/C11H13NO2/c1-14-10-3-2-7-8-4-6(5-9(8)13)11(7)12-10/h2-3,6,8-9,13H,4-5H2,1H3/t6-,8-,9+/m0/s1. The Bertz CT molecular complexity index is 378. The van der Waals surface area contributed by atoms with Crippen LogP contribution < -0.4 is 4.74 Å². The van der Waals surface area contributed by atoms with Gasteiger partial charge in [0.15, 0.2) is 0 Å². The van der Waals surface area contributed by atoms with Crippen molar-refractivity contribution in [2.75, 3.05) is 7.11 Å². The van der Waals surface area contributed by atoms with E-state index in [1.807, 2.05) is 12.1 Å². The maximum absolute atomic E-state index is 9.73. The van der Waals surface area contributed by atoms with Crippen molar-refractivity contribution in [1.29, 1.82) is 0 Å². The largest absolute Gasteiger partial charge is 0.481 e. The molecule has 2 aliphatic rings. The SMILES string of the molecule is COc1ccc2c(n1)[C@@H]1C[C@@H](O)[C@H]2C1. The minimum Gasteiger partial charge on any atom is -0.481 e. The highest BCUT2D eigenvalue weighted by atomic mass is 16.5. The number of aliphatic hydroxyl groups excluding tert-OH is 1. The van der Waals surface area contributed by atoms with Gasteiger partial charge in [0, 0.05) is 17.9 Å². The van der Waals surface area contributed by atoms with Crippen LogP contribution in [0.25, 0.3) is 0 Å². The molecular formula is C11H13NO2.